The summed E-state index contributed by atoms with van der Waals surface area (Å²) in [6.45, 7) is 2.16. The Labute approximate surface area is 90.3 Å². The van der Waals surface area contributed by atoms with Crippen LogP contribution in [-0.2, 0) is 12.8 Å². The first-order chi connectivity index (χ1) is 6.81. The monoisotopic (exact) mass is 209 g/mol. The van der Waals surface area contributed by atoms with Gasteiger partial charge in [0, 0.05) is 15.8 Å². The van der Waals surface area contributed by atoms with Gasteiger partial charge in [-0.1, -0.05) is 13.3 Å². The second kappa shape index (κ2) is 4.45. The first-order valence-electron chi connectivity index (χ1n) is 5.68. The lowest BCUT2D eigenvalue weighted by Gasteiger charge is -2.04. The van der Waals surface area contributed by atoms with E-state index in [0.29, 0.717) is 0 Å². The van der Waals surface area contributed by atoms with Crippen LogP contribution in [0.5, 0.6) is 0 Å². The number of hydrogen-bond donors (Lipinski definition) is 1. The van der Waals surface area contributed by atoms with Crippen LogP contribution in [0.1, 0.15) is 54.0 Å². The molecule has 0 amide bonds. The second-order valence-electron chi connectivity index (χ2n) is 4.17. The Bertz CT molecular complexity index is 280. The molecule has 1 unspecified atom stereocenters. The van der Waals surface area contributed by atoms with E-state index in [-0.39, 0.29) is 6.04 Å². The first kappa shape index (κ1) is 10.2. The van der Waals surface area contributed by atoms with E-state index in [1.165, 1.54) is 37.0 Å². The molecule has 2 heteroatoms. The normalized spacial score (nSPS) is 18.7. The van der Waals surface area contributed by atoms with Gasteiger partial charge in [-0.2, -0.15) is 0 Å². The zero-order valence-electron chi connectivity index (χ0n) is 8.88. The standard InChI is InChI=1S/C12H19NS/c1-2-10(13)12-8-9-6-4-3-5-7-11(9)14-12/h8,10H,2-7,13H2,1H3. The van der Waals surface area contributed by atoms with Crippen LogP contribution in [0.25, 0.3) is 0 Å². The third kappa shape index (κ3) is 2.01. The van der Waals surface area contributed by atoms with E-state index in [9.17, 15) is 0 Å². The summed E-state index contributed by atoms with van der Waals surface area (Å²) in [6.07, 6.45) is 7.76. The Morgan fingerprint density at radius 1 is 1.36 bits per heavy atom. The van der Waals surface area contributed by atoms with Crippen molar-refractivity contribution in [2.75, 3.05) is 0 Å². The Kier molecular flexibility index (Phi) is 3.24. The summed E-state index contributed by atoms with van der Waals surface area (Å²) in [5.74, 6) is 0. The third-order valence-electron chi connectivity index (χ3n) is 3.07. The fourth-order valence-corrected chi connectivity index (χ4v) is 3.42. The second-order valence-corrected chi connectivity index (χ2v) is 5.34. The maximum Gasteiger partial charge on any atom is 0.0387 e. The highest BCUT2D eigenvalue weighted by molar-refractivity contribution is 7.12. The smallest absolute Gasteiger partial charge is 0.0387 e. The Hall–Kier alpha value is -0.340. The Morgan fingerprint density at radius 2 is 2.14 bits per heavy atom. The van der Waals surface area contributed by atoms with Gasteiger partial charge in [-0.15, -0.1) is 11.3 Å². The molecular formula is C12H19NS. The average Bonchev–Trinajstić information content (AvgIpc) is 2.49. The molecule has 0 aromatic carbocycles. The SMILES string of the molecule is CCC(N)c1cc2c(s1)CCCCC2. The van der Waals surface area contributed by atoms with Crippen molar-refractivity contribution >= 4 is 11.3 Å². The van der Waals surface area contributed by atoms with Crippen LogP contribution < -0.4 is 5.73 Å². The molecule has 1 nitrogen and oxygen atoms in total. The van der Waals surface area contributed by atoms with E-state index in [4.69, 9.17) is 5.73 Å². The van der Waals surface area contributed by atoms with Crippen LogP contribution in [0.4, 0.5) is 0 Å². The van der Waals surface area contributed by atoms with Gasteiger partial charge < -0.3 is 5.73 Å². The van der Waals surface area contributed by atoms with Crippen LogP contribution in [-0.4, -0.2) is 0 Å². The maximum atomic E-state index is 6.06. The highest BCUT2D eigenvalue weighted by Crippen LogP contribution is 2.32. The van der Waals surface area contributed by atoms with Crippen molar-refractivity contribution in [3.63, 3.8) is 0 Å². The van der Waals surface area contributed by atoms with Gasteiger partial charge in [0.05, 0.1) is 0 Å². The van der Waals surface area contributed by atoms with Crippen LogP contribution in [0.3, 0.4) is 0 Å². The molecule has 0 saturated heterocycles. The number of fused-ring (bicyclic) bond motifs is 1. The lowest BCUT2D eigenvalue weighted by atomic mass is 10.1. The minimum Gasteiger partial charge on any atom is -0.323 e. The summed E-state index contributed by atoms with van der Waals surface area (Å²) < 4.78 is 0. The number of hydrogen-bond acceptors (Lipinski definition) is 2. The minimum atomic E-state index is 0.270. The quantitative estimate of drug-likeness (QED) is 0.742. The van der Waals surface area contributed by atoms with Gasteiger partial charge >= 0.3 is 0 Å². The molecular weight excluding hydrogens is 190 g/mol. The van der Waals surface area contributed by atoms with E-state index < -0.39 is 0 Å². The number of thiophene rings is 1. The molecule has 1 aromatic heterocycles. The van der Waals surface area contributed by atoms with Crippen LogP contribution in [0.2, 0.25) is 0 Å². The summed E-state index contributed by atoms with van der Waals surface area (Å²) in [4.78, 5) is 3.01. The van der Waals surface area contributed by atoms with Crippen LogP contribution in [0.15, 0.2) is 6.07 Å². The molecule has 14 heavy (non-hydrogen) atoms. The molecule has 1 heterocycles. The van der Waals surface area contributed by atoms with E-state index >= 15 is 0 Å². The Morgan fingerprint density at radius 3 is 2.93 bits per heavy atom. The van der Waals surface area contributed by atoms with Crippen LogP contribution >= 0.6 is 11.3 Å². The average molecular weight is 209 g/mol. The van der Waals surface area contributed by atoms with E-state index in [0.717, 1.165) is 6.42 Å². The number of aryl methyl sites for hydroxylation is 2. The maximum absolute atomic E-state index is 6.06. The fourth-order valence-electron chi connectivity index (χ4n) is 2.07. The highest BCUT2D eigenvalue weighted by atomic mass is 32.1. The predicted molar refractivity (Wildman–Crippen MR) is 62.8 cm³/mol. The van der Waals surface area contributed by atoms with Crippen LogP contribution in [0, 0.1) is 0 Å². The van der Waals surface area contributed by atoms with Crippen molar-refractivity contribution in [2.24, 2.45) is 5.73 Å². The van der Waals surface area contributed by atoms with Crippen molar-refractivity contribution in [1.82, 2.24) is 0 Å². The lowest BCUT2D eigenvalue weighted by molar-refractivity contribution is 0.703. The van der Waals surface area contributed by atoms with Gasteiger partial charge in [-0.25, -0.2) is 0 Å². The predicted octanol–water partition coefficient (Wildman–Crippen LogP) is 3.43. The molecule has 2 rings (SSSR count). The summed E-state index contributed by atoms with van der Waals surface area (Å²) >= 11 is 1.96. The van der Waals surface area contributed by atoms with Crippen molar-refractivity contribution in [1.29, 1.82) is 0 Å². The van der Waals surface area contributed by atoms with Crippen molar-refractivity contribution in [3.8, 4) is 0 Å². The van der Waals surface area contributed by atoms with Gasteiger partial charge in [0.15, 0.2) is 0 Å². The molecule has 0 fully saturated rings. The molecule has 2 N–H and O–H groups in total. The summed E-state index contributed by atoms with van der Waals surface area (Å²) in [7, 11) is 0. The third-order valence-corrected chi connectivity index (χ3v) is 4.44. The van der Waals surface area contributed by atoms with E-state index in [1.54, 1.807) is 10.4 Å². The molecule has 1 aliphatic carbocycles. The molecule has 0 bridgehead atoms. The number of rotatable bonds is 2. The van der Waals surface area contributed by atoms with E-state index in [1.807, 2.05) is 11.3 Å². The molecule has 0 spiro atoms. The van der Waals surface area contributed by atoms with Crippen molar-refractivity contribution in [2.45, 2.75) is 51.5 Å². The summed E-state index contributed by atoms with van der Waals surface area (Å²) in [5, 5.41) is 0. The molecule has 78 valence electrons. The zero-order chi connectivity index (χ0) is 9.97. The molecule has 0 aliphatic heterocycles. The molecule has 1 atom stereocenters. The molecule has 0 saturated carbocycles. The lowest BCUT2D eigenvalue weighted by Crippen LogP contribution is -2.06. The molecule has 0 radical (unpaired) electrons. The first-order valence-corrected chi connectivity index (χ1v) is 6.50. The van der Waals surface area contributed by atoms with Gasteiger partial charge in [0.25, 0.3) is 0 Å². The van der Waals surface area contributed by atoms with Gasteiger partial charge in [-0.3, -0.25) is 0 Å². The number of nitrogens with two attached hydrogens (primary N) is 1. The fraction of sp³-hybridized carbons (Fsp3) is 0.667. The summed E-state index contributed by atoms with van der Waals surface area (Å²) in [5.41, 5.74) is 7.65. The summed E-state index contributed by atoms with van der Waals surface area (Å²) in [6, 6.07) is 2.63. The van der Waals surface area contributed by atoms with Gasteiger partial charge in [0.1, 0.15) is 0 Å². The van der Waals surface area contributed by atoms with E-state index in [2.05, 4.69) is 13.0 Å². The van der Waals surface area contributed by atoms with Gasteiger partial charge in [0.2, 0.25) is 0 Å². The van der Waals surface area contributed by atoms with Crippen molar-refractivity contribution in [3.05, 3.63) is 21.4 Å². The Balaban J connectivity index is 2.22. The van der Waals surface area contributed by atoms with Gasteiger partial charge in [-0.05, 0) is 43.7 Å². The van der Waals surface area contributed by atoms with Crippen molar-refractivity contribution < 1.29 is 0 Å². The molecule has 1 aromatic rings. The molecule has 1 aliphatic rings. The zero-order valence-corrected chi connectivity index (χ0v) is 9.70. The topological polar surface area (TPSA) is 26.0 Å². The highest BCUT2D eigenvalue weighted by Gasteiger charge is 2.14. The minimum absolute atomic E-state index is 0.270. The largest absolute Gasteiger partial charge is 0.323 e.